The minimum absolute atomic E-state index is 0.00652. The molecule has 0 spiro atoms. The summed E-state index contributed by atoms with van der Waals surface area (Å²) in [6.07, 6.45) is 2.89. The van der Waals surface area contributed by atoms with Crippen molar-refractivity contribution in [1.29, 1.82) is 0 Å². The van der Waals surface area contributed by atoms with Gasteiger partial charge in [-0.1, -0.05) is 80.6 Å². The quantitative estimate of drug-likeness (QED) is 0.545. The van der Waals surface area contributed by atoms with Crippen LogP contribution in [0.5, 0.6) is 0 Å². The molecule has 0 amide bonds. The molecule has 28 heavy (non-hydrogen) atoms. The Labute approximate surface area is 169 Å². The summed E-state index contributed by atoms with van der Waals surface area (Å²) in [5, 5.41) is 0. The summed E-state index contributed by atoms with van der Waals surface area (Å²) in [4.78, 5) is 0. The van der Waals surface area contributed by atoms with E-state index in [1.165, 1.54) is 11.1 Å². The van der Waals surface area contributed by atoms with Gasteiger partial charge in [0.1, 0.15) is 6.10 Å². The van der Waals surface area contributed by atoms with Gasteiger partial charge >= 0.3 is 0 Å². The summed E-state index contributed by atoms with van der Waals surface area (Å²) < 4.78 is 18.8. The second-order valence-corrected chi connectivity index (χ2v) is 7.72. The monoisotopic (exact) mass is 380 g/mol. The molecule has 0 aliphatic carbocycles. The van der Waals surface area contributed by atoms with Crippen molar-refractivity contribution in [2.24, 2.45) is 11.8 Å². The molecule has 0 aromatic heterocycles. The van der Waals surface area contributed by atoms with Gasteiger partial charge in [-0.15, -0.1) is 6.58 Å². The van der Waals surface area contributed by atoms with E-state index in [0.717, 1.165) is 6.42 Å². The summed E-state index contributed by atoms with van der Waals surface area (Å²) in [6.45, 7) is 10.1. The fraction of sp³-hybridized carbons (Fsp3) is 0.440. The highest BCUT2D eigenvalue weighted by Crippen LogP contribution is 2.35. The van der Waals surface area contributed by atoms with Crippen LogP contribution >= 0.6 is 0 Å². The van der Waals surface area contributed by atoms with Gasteiger partial charge in [-0.2, -0.15) is 0 Å². The number of benzene rings is 2. The zero-order valence-corrected chi connectivity index (χ0v) is 17.0. The van der Waals surface area contributed by atoms with Crippen LogP contribution in [-0.2, 0) is 27.4 Å². The van der Waals surface area contributed by atoms with E-state index in [1.54, 1.807) is 0 Å². The van der Waals surface area contributed by atoms with Crippen LogP contribution in [0.25, 0.3) is 0 Å². The average Bonchev–Trinajstić information content (AvgIpc) is 2.73. The smallest absolute Gasteiger partial charge is 0.108 e. The lowest BCUT2D eigenvalue weighted by atomic mass is 9.80. The molecule has 150 valence electrons. The molecule has 0 bridgehead atoms. The molecule has 5 atom stereocenters. The standard InChI is InChI=1S/C25H32O3/c1-4-11-23-19(2)20(3)25(27-17-22-14-9-6-10-15-22)24(28-23)18-26-16-21-12-7-5-8-13-21/h4-10,12-15,19-20,23-25H,1,11,16-18H2,2-3H3/t19-,20+,23+,24+,25-/m0/s1. The second-order valence-electron chi connectivity index (χ2n) is 7.72. The van der Waals surface area contributed by atoms with E-state index in [-0.39, 0.29) is 18.3 Å². The Balaban J connectivity index is 1.64. The lowest BCUT2D eigenvalue weighted by Crippen LogP contribution is -2.52. The van der Waals surface area contributed by atoms with Gasteiger partial charge in [-0.25, -0.2) is 0 Å². The van der Waals surface area contributed by atoms with Gasteiger partial charge in [0, 0.05) is 0 Å². The van der Waals surface area contributed by atoms with Crippen LogP contribution < -0.4 is 0 Å². The maximum Gasteiger partial charge on any atom is 0.108 e. The lowest BCUT2D eigenvalue weighted by molar-refractivity contribution is -0.205. The Hall–Kier alpha value is -1.94. The Morgan fingerprint density at radius 3 is 2.07 bits per heavy atom. The van der Waals surface area contributed by atoms with E-state index in [9.17, 15) is 0 Å². The summed E-state index contributed by atoms with van der Waals surface area (Å²) in [5.74, 6) is 0.789. The largest absolute Gasteiger partial charge is 0.374 e. The molecule has 3 rings (SSSR count). The maximum absolute atomic E-state index is 6.43. The van der Waals surface area contributed by atoms with Gasteiger partial charge in [0.15, 0.2) is 0 Å². The molecule has 2 aromatic rings. The van der Waals surface area contributed by atoms with E-state index in [0.29, 0.717) is 31.7 Å². The van der Waals surface area contributed by atoms with E-state index in [1.807, 2.05) is 42.5 Å². The van der Waals surface area contributed by atoms with Gasteiger partial charge in [-0.05, 0) is 29.4 Å². The maximum atomic E-state index is 6.43. The Morgan fingerprint density at radius 1 is 0.857 bits per heavy atom. The molecule has 3 heteroatoms. The first-order valence-electron chi connectivity index (χ1n) is 10.2. The number of hydrogen-bond donors (Lipinski definition) is 0. The van der Waals surface area contributed by atoms with Gasteiger partial charge in [0.05, 0.1) is 32.0 Å². The molecule has 0 radical (unpaired) electrons. The number of rotatable bonds is 9. The summed E-state index contributed by atoms with van der Waals surface area (Å²) in [7, 11) is 0. The van der Waals surface area contributed by atoms with Crippen LogP contribution in [0.2, 0.25) is 0 Å². The van der Waals surface area contributed by atoms with E-state index in [2.05, 4.69) is 44.7 Å². The van der Waals surface area contributed by atoms with Crippen molar-refractivity contribution in [3.63, 3.8) is 0 Å². The highest BCUT2D eigenvalue weighted by atomic mass is 16.6. The molecule has 0 unspecified atom stereocenters. The van der Waals surface area contributed by atoms with Gasteiger partial charge < -0.3 is 14.2 Å². The second kappa shape index (κ2) is 10.6. The average molecular weight is 381 g/mol. The first-order valence-corrected chi connectivity index (χ1v) is 10.2. The van der Waals surface area contributed by atoms with Crippen LogP contribution in [0.1, 0.15) is 31.4 Å². The van der Waals surface area contributed by atoms with Crippen LogP contribution in [0, 0.1) is 11.8 Å². The predicted molar refractivity (Wildman–Crippen MR) is 113 cm³/mol. The molecular formula is C25H32O3. The van der Waals surface area contributed by atoms with Crippen molar-refractivity contribution >= 4 is 0 Å². The van der Waals surface area contributed by atoms with Crippen molar-refractivity contribution in [3.8, 4) is 0 Å². The Bertz CT molecular complexity index is 700. The highest BCUT2D eigenvalue weighted by Gasteiger charge is 2.41. The van der Waals surface area contributed by atoms with E-state index in [4.69, 9.17) is 14.2 Å². The van der Waals surface area contributed by atoms with Gasteiger partial charge in [-0.3, -0.25) is 0 Å². The van der Waals surface area contributed by atoms with E-state index < -0.39 is 0 Å². The summed E-state index contributed by atoms with van der Waals surface area (Å²) >= 11 is 0. The normalized spacial score (nSPS) is 27.4. The first-order chi connectivity index (χ1) is 13.7. The summed E-state index contributed by atoms with van der Waals surface area (Å²) in [5.41, 5.74) is 2.35. The molecule has 1 saturated heterocycles. The van der Waals surface area contributed by atoms with Crippen LogP contribution in [0.15, 0.2) is 73.3 Å². The minimum Gasteiger partial charge on any atom is -0.374 e. The molecule has 2 aromatic carbocycles. The third-order valence-corrected chi connectivity index (χ3v) is 5.73. The molecule has 1 fully saturated rings. The summed E-state index contributed by atoms with van der Waals surface area (Å²) in [6, 6.07) is 20.6. The molecule has 1 aliphatic heterocycles. The van der Waals surface area contributed by atoms with Crippen molar-refractivity contribution in [2.75, 3.05) is 6.61 Å². The van der Waals surface area contributed by atoms with Crippen molar-refractivity contribution in [1.82, 2.24) is 0 Å². The number of ether oxygens (including phenoxy) is 3. The SMILES string of the molecule is C=CC[C@H]1O[C@H](COCc2ccccc2)[C@@H](OCc2ccccc2)[C@H](C)[C@@H]1C. The third kappa shape index (κ3) is 5.54. The van der Waals surface area contributed by atoms with Crippen LogP contribution in [0.4, 0.5) is 0 Å². The molecule has 3 nitrogen and oxygen atoms in total. The molecule has 0 saturated carbocycles. The van der Waals surface area contributed by atoms with Crippen molar-refractivity contribution < 1.29 is 14.2 Å². The molecule has 1 aliphatic rings. The predicted octanol–water partition coefficient (Wildman–Crippen LogP) is 5.40. The van der Waals surface area contributed by atoms with Crippen LogP contribution in [0.3, 0.4) is 0 Å². The first kappa shape index (κ1) is 20.8. The highest BCUT2D eigenvalue weighted by molar-refractivity contribution is 5.14. The number of hydrogen-bond acceptors (Lipinski definition) is 3. The van der Waals surface area contributed by atoms with E-state index >= 15 is 0 Å². The minimum atomic E-state index is -0.0800. The van der Waals surface area contributed by atoms with Gasteiger partial charge in [0.25, 0.3) is 0 Å². The Morgan fingerprint density at radius 2 is 1.46 bits per heavy atom. The van der Waals surface area contributed by atoms with Crippen molar-refractivity contribution in [2.45, 2.75) is 51.8 Å². The van der Waals surface area contributed by atoms with Gasteiger partial charge in [0.2, 0.25) is 0 Å². The Kier molecular flexibility index (Phi) is 7.84. The topological polar surface area (TPSA) is 27.7 Å². The zero-order valence-electron chi connectivity index (χ0n) is 17.0. The lowest BCUT2D eigenvalue weighted by Gasteiger charge is -2.44. The fourth-order valence-corrected chi connectivity index (χ4v) is 3.86. The third-order valence-electron chi connectivity index (χ3n) is 5.73. The molecule has 0 N–H and O–H groups in total. The molecular weight excluding hydrogens is 348 g/mol. The fourth-order valence-electron chi connectivity index (χ4n) is 3.86. The van der Waals surface area contributed by atoms with Crippen molar-refractivity contribution in [3.05, 3.63) is 84.4 Å². The van der Waals surface area contributed by atoms with Crippen LogP contribution in [-0.4, -0.2) is 24.9 Å². The molecule has 1 heterocycles. The zero-order chi connectivity index (χ0) is 19.8.